The van der Waals surface area contributed by atoms with Crippen LogP contribution in [0.1, 0.15) is 10.4 Å². The summed E-state index contributed by atoms with van der Waals surface area (Å²) in [6.07, 6.45) is 1.22. The number of aromatic carboxylic acids is 1. The Kier molecular flexibility index (Phi) is 1.14. The molecular formula is C5H5NO3. The number of aromatic hydroxyl groups is 1. The van der Waals surface area contributed by atoms with Crippen LogP contribution >= 0.6 is 0 Å². The number of hydrogen-bond acceptors (Lipinski definition) is 2. The molecule has 48 valence electrons. The number of carboxylic acid groups (broad SMARTS) is 1. The lowest BCUT2D eigenvalue weighted by Crippen LogP contribution is -1.91. The highest BCUT2D eigenvalue weighted by atomic mass is 16.4. The maximum Gasteiger partial charge on any atom is 0.337 e. The molecule has 4 nitrogen and oxygen atoms in total. The average Bonchev–Trinajstić information content (AvgIpc) is 2.14. The number of H-pyrrole nitrogens is 1. The summed E-state index contributed by atoms with van der Waals surface area (Å²) in [7, 11) is 0. The van der Waals surface area contributed by atoms with Gasteiger partial charge in [-0.15, -0.1) is 0 Å². The summed E-state index contributed by atoms with van der Waals surface area (Å²) < 4.78 is 0. The minimum absolute atomic E-state index is 0.0625. The molecule has 1 heterocycles. The zero-order valence-electron chi connectivity index (χ0n) is 4.46. The third-order valence-corrected chi connectivity index (χ3v) is 0.915. The van der Waals surface area contributed by atoms with Gasteiger partial charge in [0, 0.05) is 12.3 Å². The Labute approximate surface area is 50.8 Å². The van der Waals surface area contributed by atoms with Gasteiger partial charge in [0.25, 0.3) is 0 Å². The van der Waals surface area contributed by atoms with Gasteiger partial charge in [-0.1, -0.05) is 0 Å². The molecule has 0 radical (unpaired) electrons. The fourth-order valence-corrected chi connectivity index (χ4v) is 0.506. The molecule has 9 heavy (non-hydrogen) atoms. The van der Waals surface area contributed by atoms with Crippen LogP contribution in [0.4, 0.5) is 0 Å². The molecule has 0 saturated carbocycles. The number of rotatable bonds is 1. The molecule has 0 unspecified atom stereocenters. The van der Waals surface area contributed by atoms with Crippen molar-refractivity contribution in [3.05, 3.63) is 17.8 Å². The van der Waals surface area contributed by atoms with Crippen LogP contribution in [-0.2, 0) is 0 Å². The monoisotopic (exact) mass is 127 g/mol. The van der Waals surface area contributed by atoms with Crippen molar-refractivity contribution >= 4 is 5.97 Å². The first-order valence-corrected chi connectivity index (χ1v) is 2.31. The van der Waals surface area contributed by atoms with E-state index in [1.807, 2.05) is 0 Å². The lowest BCUT2D eigenvalue weighted by molar-refractivity contribution is 0.0697. The molecule has 0 atom stereocenters. The molecule has 0 aliphatic carbocycles. The highest BCUT2D eigenvalue weighted by molar-refractivity contribution is 5.87. The maximum atomic E-state index is 10.1. The van der Waals surface area contributed by atoms with Crippen molar-refractivity contribution in [2.75, 3.05) is 0 Å². The van der Waals surface area contributed by atoms with Crippen LogP contribution in [0.3, 0.4) is 0 Å². The lowest BCUT2D eigenvalue weighted by Gasteiger charge is -1.79. The minimum Gasteiger partial charge on any atom is -0.495 e. The molecule has 0 saturated heterocycles. The van der Waals surface area contributed by atoms with E-state index in [2.05, 4.69) is 4.98 Å². The number of carbonyl (C=O) groups is 1. The van der Waals surface area contributed by atoms with Crippen LogP contribution in [-0.4, -0.2) is 21.2 Å². The predicted molar refractivity (Wildman–Crippen MR) is 29.4 cm³/mol. The number of aromatic amines is 1. The molecule has 0 aliphatic heterocycles. The topological polar surface area (TPSA) is 73.3 Å². The lowest BCUT2D eigenvalue weighted by atomic mass is 10.3. The molecule has 3 N–H and O–H groups in total. The van der Waals surface area contributed by atoms with Gasteiger partial charge in [-0.25, -0.2) is 4.79 Å². The molecule has 1 aromatic heterocycles. The van der Waals surface area contributed by atoms with Gasteiger partial charge in [-0.3, -0.25) is 0 Å². The molecule has 4 heteroatoms. The van der Waals surface area contributed by atoms with Crippen LogP contribution in [0.2, 0.25) is 0 Å². The van der Waals surface area contributed by atoms with E-state index in [1.165, 1.54) is 6.20 Å². The zero-order chi connectivity index (χ0) is 6.85. The molecule has 0 fully saturated rings. The Hall–Kier alpha value is -1.45. The molecule has 1 rings (SSSR count). The highest BCUT2D eigenvalue weighted by Gasteiger charge is 2.03. The van der Waals surface area contributed by atoms with E-state index in [1.54, 1.807) is 0 Å². The first kappa shape index (κ1) is 5.68. The minimum atomic E-state index is -1.05. The summed E-state index contributed by atoms with van der Waals surface area (Å²) in [5.74, 6) is -1.18. The van der Waals surface area contributed by atoms with Crippen LogP contribution in [0, 0.1) is 0 Å². The van der Waals surface area contributed by atoms with Crippen LogP contribution < -0.4 is 0 Å². The van der Waals surface area contributed by atoms with E-state index < -0.39 is 5.97 Å². The van der Waals surface area contributed by atoms with E-state index in [0.717, 1.165) is 6.07 Å². The summed E-state index contributed by atoms with van der Waals surface area (Å²) in [5, 5.41) is 16.9. The van der Waals surface area contributed by atoms with Crippen molar-refractivity contribution < 1.29 is 15.0 Å². The third kappa shape index (κ3) is 1.02. The summed E-state index contributed by atoms with van der Waals surface area (Å²) in [4.78, 5) is 12.4. The third-order valence-electron chi connectivity index (χ3n) is 0.915. The van der Waals surface area contributed by atoms with Crippen molar-refractivity contribution in [3.8, 4) is 5.88 Å². The van der Waals surface area contributed by atoms with Gasteiger partial charge in [0.15, 0.2) is 5.88 Å². The zero-order valence-corrected chi connectivity index (χ0v) is 4.46. The fraction of sp³-hybridized carbons (Fsp3) is 0. The summed E-state index contributed by atoms with van der Waals surface area (Å²) in [6, 6.07) is 1.14. The van der Waals surface area contributed by atoms with E-state index >= 15 is 0 Å². The quantitative estimate of drug-likeness (QED) is 0.511. The van der Waals surface area contributed by atoms with E-state index in [0.29, 0.717) is 0 Å². The summed E-state index contributed by atoms with van der Waals surface area (Å²) >= 11 is 0. The maximum absolute atomic E-state index is 10.1. The molecule has 1 aromatic rings. The standard InChI is InChI=1S/C5H5NO3/c7-4-1-3(2-6-4)5(8)9/h1-2,6-7H,(H,8,9). The van der Waals surface area contributed by atoms with Gasteiger partial charge in [0.05, 0.1) is 5.56 Å². The number of aromatic nitrogens is 1. The molecule has 0 bridgehead atoms. The van der Waals surface area contributed by atoms with Gasteiger partial charge in [-0.2, -0.15) is 0 Å². The molecule has 0 amide bonds. The summed E-state index contributed by atoms with van der Waals surface area (Å²) in [5.41, 5.74) is 0.0625. The first-order valence-electron chi connectivity index (χ1n) is 2.31. The SMILES string of the molecule is O=C(O)c1c[nH]c(O)c1. The largest absolute Gasteiger partial charge is 0.495 e. The van der Waals surface area contributed by atoms with Crippen molar-refractivity contribution in [2.24, 2.45) is 0 Å². The Morgan fingerprint density at radius 3 is 2.56 bits per heavy atom. The van der Waals surface area contributed by atoms with Crippen LogP contribution in [0.15, 0.2) is 12.3 Å². The average molecular weight is 127 g/mol. The van der Waals surface area contributed by atoms with Gasteiger partial charge < -0.3 is 15.2 Å². The van der Waals surface area contributed by atoms with Gasteiger partial charge in [0.1, 0.15) is 0 Å². The Bertz CT molecular complexity index is 228. The number of hydrogen-bond donors (Lipinski definition) is 3. The fourth-order valence-electron chi connectivity index (χ4n) is 0.506. The summed E-state index contributed by atoms with van der Waals surface area (Å²) in [6.45, 7) is 0. The molecule has 0 spiro atoms. The second-order valence-corrected chi connectivity index (χ2v) is 1.58. The molecule has 0 aromatic carbocycles. The molecular weight excluding hydrogens is 122 g/mol. The normalized spacial score (nSPS) is 9.33. The van der Waals surface area contributed by atoms with E-state index in [-0.39, 0.29) is 11.4 Å². The van der Waals surface area contributed by atoms with Crippen molar-refractivity contribution in [1.29, 1.82) is 0 Å². The smallest absolute Gasteiger partial charge is 0.337 e. The second-order valence-electron chi connectivity index (χ2n) is 1.58. The van der Waals surface area contributed by atoms with Crippen LogP contribution in [0.5, 0.6) is 5.88 Å². The Balaban J connectivity index is 2.98. The number of nitrogens with one attached hydrogen (secondary N) is 1. The van der Waals surface area contributed by atoms with Crippen molar-refractivity contribution in [1.82, 2.24) is 4.98 Å². The Morgan fingerprint density at radius 2 is 2.33 bits per heavy atom. The molecule has 0 aliphatic rings. The predicted octanol–water partition coefficient (Wildman–Crippen LogP) is 0.418. The van der Waals surface area contributed by atoms with Gasteiger partial charge in [0.2, 0.25) is 0 Å². The Morgan fingerprint density at radius 1 is 1.67 bits per heavy atom. The van der Waals surface area contributed by atoms with E-state index in [9.17, 15) is 4.79 Å². The van der Waals surface area contributed by atoms with Crippen molar-refractivity contribution in [3.63, 3.8) is 0 Å². The first-order chi connectivity index (χ1) is 4.20. The van der Waals surface area contributed by atoms with Gasteiger partial charge in [-0.05, 0) is 0 Å². The van der Waals surface area contributed by atoms with Crippen LogP contribution in [0.25, 0.3) is 0 Å². The van der Waals surface area contributed by atoms with Gasteiger partial charge >= 0.3 is 5.97 Å². The second kappa shape index (κ2) is 1.81. The number of carboxylic acids is 1. The van der Waals surface area contributed by atoms with E-state index in [4.69, 9.17) is 10.2 Å². The van der Waals surface area contributed by atoms with Crippen molar-refractivity contribution in [2.45, 2.75) is 0 Å². The highest BCUT2D eigenvalue weighted by Crippen LogP contribution is 2.07.